The zero-order valence-electron chi connectivity index (χ0n) is 18.9. The fourth-order valence-corrected chi connectivity index (χ4v) is 2.52. The number of ether oxygens (including phenoxy) is 5. The second-order valence-corrected chi connectivity index (χ2v) is 6.99. The van der Waals surface area contributed by atoms with Gasteiger partial charge in [0, 0.05) is 6.42 Å². The molecule has 0 fully saturated rings. The van der Waals surface area contributed by atoms with Gasteiger partial charge in [-0.05, 0) is 6.42 Å². The van der Waals surface area contributed by atoms with E-state index >= 15 is 0 Å². The van der Waals surface area contributed by atoms with Crippen LogP contribution in [0, 0.1) is 29.1 Å². The molecule has 0 bridgehead atoms. The Morgan fingerprint density at radius 2 is 1.09 bits per heavy atom. The minimum absolute atomic E-state index is 0.0749. The Morgan fingerprint density at radius 3 is 1.65 bits per heavy atom. The molecule has 0 aliphatic heterocycles. The van der Waals surface area contributed by atoms with E-state index < -0.39 is 47.2 Å². The minimum Gasteiger partial charge on any atom is -0.463 e. The quantitative estimate of drug-likeness (QED) is 0.0745. The molecule has 0 saturated carbocycles. The van der Waals surface area contributed by atoms with Gasteiger partial charge in [0.15, 0.2) is 0 Å². The topological polar surface area (TPSA) is 80.3 Å². The van der Waals surface area contributed by atoms with Crippen molar-refractivity contribution in [2.24, 2.45) is 0 Å². The monoisotopic (exact) mass is 500 g/mol. The molecule has 1 rings (SSSR count). The van der Waals surface area contributed by atoms with Crippen molar-refractivity contribution in [3.8, 4) is 5.75 Å². The maximum atomic E-state index is 13.4. The van der Waals surface area contributed by atoms with Crippen molar-refractivity contribution in [2.75, 3.05) is 46.2 Å². The normalized spacial score (nSPS) is 11.0. The molecule has 0 radical (unpaired) electrons. The van der Waals surface area contributed by atoms with Crippen molar-refractivity contribution >= 4 is 11.9 Å². The van der Waals surface area contributed by atoms with Gasteiger partial charge in [-0.25, -0.2) is 13.2 Å². The Kier molecular flexibility index (Phi) is 15.0. The summed E-state index contributed by atoms with van der Waals surface area (Å²) in [4.78, 5) is 23.0. The zero-order chi connectivity index (χ0) is 25.3. The Morgan fingerprint density at radius 1 is 0.588 bits per heavy atom. The van der Waals surface area contributed by atoms with Gasteiger partial charge in [-0.1, -0.05) is 26.2 Å². The highest BCUT2D eigenvalue weighted by Crippen LogP contribution is 2.29. The third-order valence-electron chi connectivity index (χ3n) is 4.31. The van der Waals surface area contributed by atoms with Gasteiger partial charge in [0.25, 0.3) is 0 Å². The first kappa shape index (κ1) is 29.7. The molecular weight excluding hydrogens is 471 g/mol. The van der Waals surface area contributed by atoms with Crippen LogP contribution in [0.25, 0.3) is 0 Å². The summed E-state index contributed by atoms with van der Waals surface area (Å²) in [5.74, 6) is -14.4. The number of halogens is 5. The summed E-state index contributed by atoms with van der Waals surface area (Å²) in [7, 11) is 0. The van der Waals surface area contributed by atoms with Gasteiger partial charge in [-0.2, -0.15) is 8.78 Å². The molecule has 34 heavy (non-hydrogen) atoms. The lowest BCUT2D eigenvalue weighted by atomic mass is 10.2. The van der Waals surface area contributed by atoms with Gasteiger partial charge in [0.1, 0.15) is 6.61 Å². The average molecular weight is 500 g/mol. The van der Waals surface area contributed by atoms with Crippen LogP contribution in [0.2, 0.25) is 0 Å². The van der Waals surface area contributed by atoms with Gasteiger partial charge < -0.3 is 23.7 Å². The van der Waals surface area contributed by atoms with E-state index in [9.17, 15) is 31.5 Å². The Balaban J connectivity index is 2.02. The predicted octanol–water partition coefficient (Wildman–Crippen LogP) is 4.24. The van der Waals surface area contributed by atoms with Gasteiger partial charge in [0.05, 0.1) is 46.1 Å². The lowest BCUT2D eigenvalue weighted by molar-refractivity contribution is -0.145. The Labute approximate surface area is 194 Å². The summed E-state index contributed by atoms with van der Waals surface area (Å²) in [5.41, 5.74) is 0. The predicted molar refractivity (Wildman–Crippen MR) is 109 cm³/mol. The van der Waals surface area contributed by atoms with E-state index in [4.69, 9.17) is 18.9 Å². The van der Waals surface area contributed by atoms with Crippen molar-refractivity contribution in [1.29, 1.82) is 0 Å². The van der Waals surface area contributed by atoms with E-state index in [1.165, 1.54) is 0 Å². The molecule has 0 aromatic heterocycles. The first-order chi connectivity index (χ1) is 16.3. The summed E-state index contributed by atoms with van der Waals surface area (Å²) in [6.45, 7) is 3.02. The molecule has 0 aliphatic carbocycles. The molecule has 0 amide bonds. The smallest absolute Gasteiger partial charge is 0.313 e. The van der Waals surface area contributed by atoms with E-state index in [-0.39, 0.29) is 52.2 Å². The van der Waals surface area contributed by atoms with Crippen molar-refractivity contribution in [2.45, 2.75) is 45.4 Å². The first-order valence-electron chi connectivity index (χ1n) is 10.9. The Hall–Kier alpha value is -2.31. The van der Waals surface area contributed by atoms with Crippen LogP contribution in [0.3, 0.4) is 0 Å². The fraction of sp³-hybridized carbons (Fsp3) is 0.636. The summed E-state index contributed by atoms with van der Waals surface area (Å²) in [5, 5.41) is 0. The number of benzene rings is 1. The molecule has 0 unspecified atom stereocenters. The molecule has 0 heterocycles. The van der Waals surface area contributed by atoms with Crippen molar-refractivity contribution in [1.82, 2.24) is 0 Å². The standard InChI is InChI=1S/C22H29F5O7/c1-2-3-4-5-6-15(28)33-14-13-32-12-11-31-10-9-30-8-7-16(29)34-22-20(26)18(24)17(23)19(25)21(22)27/h2-14H2,1H3. The van der Waals surface area contributed by atoms with Gasteiger partial charge in [-0.3, -0.25) is 9.59 Å². The molecule has 194 valence electrons. The number of rotatable bonds is 18. The maximum absolute atomic E-state index is 13.4. The van der Waals surface area contributed by atoms with Crippen LogP contribution in [-0.2, 0) is 28.5 Å². The first-order valence-corrected chi connectivity index (χ1v) is 10.9. The van der Waals surface area contributed by atoms with E-state index in [2.05, 4.69) is 11.7 Å². The maximum Gasteiger partial charge on any atom is 0.313 e. The highest BCUT2D eigenvalue weighted by molar-refractivity contribution is 5.72. The molecule has 0 spiro atoms. The van der Waals surface area contributed by atoms with Crippen LogP contribution in [-0.4, -0.2) is 58.2 Å². The largest absolute Gasteiger partial charge is 0.463 e. The molecular formula is C22H29F5O7. The average Bonchev–Trinajstić information content (AvgIpc) is 2.82. The van der Waals surface area contributed by atoms with E-state index in [0.717, 1.165) is 25.7 Å². The molecule has 0 N–H and O–H groups in total. The molecule has 0 aliphatic rings. The lowest BCUT2D eigenvalue weighted by Gasteiger charge is -2.09. The highest BCUT2D eigenvalue weighted by atomic mass is 19.2. The van der Waals surface area contributed by atoms with Crippen LogP contribution in [0.15, 0.2) is 0 Å². The van der Waals surface area contributed by atoms with Crippen LogP contribution >= 0.6 is 0 Å². The minimum atomic E-state index is -2.35. The summed E-state index contributed by atoms with van der Waals surface area (Å²) >= 11 is 0. The van der Waals surface area contributed by atoms with Gasteiger partial charge >= 0.3 is 11.9 Å². The molecule has 12 heteroatoms. The zero-order valence-corrected chi connectivity index (χ0v) is 18.9. The SMILES string of the molecule is CCCCCCC(=O)OCCOCCOCCOCCC(=O)Oc1c(F)c(F)c(F)c(F)c1F. The molecule has 1 aromatic carbocycles. The van der Waals surface area contributed by atoms with Gasteiger partial charge in [0.2, 0.25) is 34.8 Å². The van der Waals surface area contributed by atoms with Crippen molar-refractivity contribution in [3.05, 3.63) is 29.1 Å². The van der Waals surface area contributed by atoms with E-state index in [1.807, 2.05) is 0 Å². The van der Waals surface area contributed by atoms with E-state index in [1.54, 1.807) is 0 Å². The second kappa shape index (κ2) is 17.2. The van der Waals surface area contributed by atoms with Crippen molar-refractivity contribution < 1.29 is 55.2 Å². The van der Waals surface area contributed by atoms with Crippen molar-refractivity contribution in [3.63, 3.8) is 0 Å². The highest BCUT2D eigenvalue weighted by Gasteiger charge is 2.28. The number of unbranched alkanes of at least 4 members (excludes halogenated alkanes) is 3. The van der Waals surface area contributed by atoms with Crippen LogP contribution < -0.4 is 4.74 Å². The molecule has 7 nitrogen and oxygen atoms in total. The molecule has 0 saturated heterocycles. The lowest BCUT2D eigenvalue weighted by Crippen LogP contribution is -2.16. The number of carbonyl (C=O) groups is 2. The number of hydrogen-bond acceptors (Lipinski definition) is 7. The van der Waals surface area contributed by atoms with Crippen LogP contribution in [0.1, 0.15) is 45.4 Å². The Bertz CT molecular complexity index is 747. The number of carbonyl (C=O) groups excluding carboxylic acids is 2. The third kappa shape index (κ3) is 11.2. The van der Waals surface area contributed by atoms with Gasteiger partial charge in [-0.15, -0.1) is 0 Å². The molecule has 1 aromatic rings. The summed E-state index contributed by atoms with van der Waals surface area (Å²) in [6, 6.07) is 0. The van der Waals surface area contributed by atoms with Crippen LogP contribution in [0.4, 0.5) is 22.0 Å². The number of esters is 2. The number of hydrogen-bond donors (Lipinski definition) is 0. The summed E-state index contributed by atoms with van der Waals surface area (Å²) < 4.78 is 90.8. The third-order valence-corrected chi connectivity index (χ3v) is 4.31. The summed E-state index contributed by atoms with van der Waals surface area (Å²) in [6.07, 6.45) is 3.93. The van der Waals surface area contributed by atoms with Crippen LogP contribution in [0.5, 0.6) is 5.75 Å². The fourth-order valence-electron chi connectivity index (χ4n) is 2.52. The van der Waals surface area contributed by atoms with E-state index in [0.29, 0.717) is 6.42 Å². The molecule has 0 atom stereocenters. The second-order valence-electron chi connectivity index (χ2n) is 6.99.